The van der Waals surface area contributed by atoms with E-state index in [0.717, 1.165) is 45.5 Å². The molecule has 0 fully saturated rings. The molecule has 0 saturated heterocycles. The molecule has 0 unspecified atom stereocenters. The quantitative estimate of drug-likeness (QED) is 0.200. The molecule has 0 radical (unpaired) electrons. The molecular formula is C40H37N3. The van der Waals surface area contributed by atoms with Crippen LogP contribution in [0.5, 0.6) is 0 Å². The summed E-state index contributed by atoms with van der Waals surface area (Å²) in [7, 11) is 0. The van der Waals surface area contributed by atoms with E-state index in [9.17, 15) is 0 Å². The number of nitrogens with zero attached hydrogens (tertiary/aromatic N) is 2. The van der Waals surface area contributed by atoms with Crippen LogP contribution in [0, 0.1) is 0 Å². The molecule has 43 heavy (non-hydrogen) atoms. The van der Waals surface area contributed by atoms with Crippen molar-refractivity contribution in [2.45, 2.75) is 26.2 Å². The molecule has 0 spiro atoms. The molecular weight excluding hydrogens is 522 g/mol. The standard InChI is InChI=1S/C40H37N3/c1-40(2,3)31-27-38(42(34-20-10-5-11-21-34)35-22-12-6-13-23-35)30-39(28-31)43(36-24-14-7-15-25-36)37-26-16-19-33(29-37)41-32-17-8-4-9-18-32/h4-30,41H,1-3H3. The van der Waals surface area contributed by atoms with Crippen LogP contribution in [0.25, 0.3) is 0 Å². The lowest BCUT2D eigenvalue weighted by Crippen LogP contribution is -2.17. The number of hydrogen-bond acceptors (Lipinski definition) is 3. The Morgan fingerprint density at radius 2 is 0.767 bits per heavy atom. The molecule has 0 aromatic heterocycles. The Kier molecular flexibility index (Phi) is 7.97. The highest BCUT2D eigenvalue weighted by molar-refractivity contribution is 5.84. The zero-order valence-corrected chi connectivity index (χ0v) is 25.0. The molecule has 0 amide bonds. The van der Waals surface area contributed by atoms with Crippen molar-refractivity contribution in [1.82, 2.24) is 0 Å². The van der Waals surface area contributed by atoms with Gasteiger partial charge in [-0.3, -0.25) is 0 Å². The minimum absolute atomic E-state index is 0.0666. The summed E-state index contributed by atoms with van der Waals surface area (Å²) < 4.78 is 0. The molecule has 0 bridgehead atoms. The Morgan fingerprint density at radius 3 is 1.23 bits per heavy atom. The highest BCUT2D eigenvalue weighted by Crippen LogP contribution is 2.43. The van der Waals surface area contributed by atoms with Gasteiger partial charge < -0.3 is 15.1 Å². The lowest BCUT2D eigenvalue weighted by atomic mass is 9.86. The summed E-state index contributed by atoms with van der Waals surface area (Å²) in [5.41, 5.74) is 9.91. The first-order valence-corrected chi connectivity index (χ1v) is 14.8. The maximum absolute atomic E-state index is 3.58. The Morgan fingerprint density at radius 1 is 0.372 bits per heavy atom. The van der Waals surface area contributed by atoms with Crippen molar-refractivity contribution in [3.63, 3.8) is 0 Å². The first-order valence-electron chi connectivity index (χ1n) is 14.8. The number of para-hydroxylation sites is 4. The second-order valence-corrected chi connectivity index (χ2v) is 11.7. The van der Waals surface area contributed by atoms with E-state index in [4.69, 9.17) is 0 Å². The maximum atomic E-state index is 3.58. The third kappa shape index (κ3) is 6.47. The van der Waals surface area contributed by atoms with Crippen molar-refractivity contribution >= 4 is 45.5 Å². The van der Waals surface area contributed by atoms with Crippen molar-refractivity contribution < 1.29 is 0 Å². The van der Waals surface area contributed by atoms with E-state index < -0.39 is 0 Å². The van der Waals surface area contributed by atoms with Crippen molar-refractivity contribution in [2.24, 2.45) is 0 Å². The number of nitrogens with one attached hydrogen (secondary N) is 1. The third-order valence-electron chi connectivity index (χ3n) is 7.49. The Balaban J connectivity index is 1.54. The van der Waals surface area contributed by atoms with Crippen LogP contribution in [0.15, 0.2) is 164 Å². The minimum atomic E-state index is -0.0666. The molecule has 0 heterocycles. The van der Waals surface area contributed by atoms with Crippen molar-refractivity contribution in [3.05, 3.63) is 169 Å². The van der Waals surface area contributed by atoms with Crippen LogP contribution in [0.1, 0.15) is 26.3 Å². The molecule has 1 N–H and O–H groups in total. The van der Waals surface area contributed by atoms with Gasteiger partial charge in [0.2, 0.25) is 0 Å². The molecule has 0 saturated carbocycles. The van der Waals surface area contributed by atoms with Crippen LogP contribution >= 0.6 is 0 Å². The van der Waals surface area contributed by atoms with E-state index in [0.29, 0.717) is 0 Å². The SMILES string of the molecule is CC(C)(C)c1cc(N(c2ccccc2)c2ccccc2)cc(N(c2ccccc2)c2cccc(Nc3ccccc3)c2)c1. The second-order valence-electron chi connectivity index (χ2n) is 11.7. The molecule has 0 aliphatic heterocycles. The van der Waals surface area contributed by atoms with Crippen LogP contribution in [-0.4, -0.2) is 0 Å². The Hall–Kier alpha value is -5.28. The first-order chi connectivity index (χ1) is 21.0. The second kappa shape index (κ2) is 12.3. The average Bonchev–Trinajstić information content (AvgIpc) is 3.03. The fourth-order valence-corrected chi connectivity index (χ4v) is 5.32. The molecule has 3 nitrogen and oxygen atoms in total. The maximum Gasteiger partial charge on any atom is 0.0485 e. The van der Waals surface area contributed by atoms with Crippen LogP contribution in [-0.2, 0) is 5.41 Å². The molecule has 6 aromatic rings. The van der Waals surface area contributed by atoms with Crippen molar-refractivity contribution in [3.8, 4) is 0 Å². The van der Waals surface area contributed by atoms with Gasteiger partial charge >= 0.3 is 0 Å². The van der Waals surface area contributed by atoms with Crippen molar-refractivity contribution in [1.29, 1.82) is 0 Å². The number of rotatable bonds is 8. The van der Waals surface area contributed by atoms with Crippen LogP contribution < -0.4 is 15.1 Å². The molecule has 212 valence electrons. The van der Waals surface area contributed by atoms with Gasteiger partial charge in [-0.2, -0.15) is 0 Å². The molecule has 0 atom stereocenters. The van der Waals surface area contributed by atoms with Gasteiger partial charge in [0.05, 0.1) is 0 Å². The van der Waals surface area contributed by atoms with E-state index >= 15 is 0 Å². The topological polar surface area (TPSA) is 18.5 Å². The zero-order valence-electron chi connectivity index (χ0n) is 25.0. The number of benzene rings is 6. The van der Waals surface area contributed by atoms with Gasteiger partial charge in [0.1, 0.15) is 0 Å². The highest BCUT2D eigenvalue weighted by Gasteiger charge is 2.22. The van der Waals surface area contributed by atoms with Crippen molar-refractivity contribution in [2.75, 3.05) is 15.1 Å². The molecule has 6 rings (SSSR count). The predicted octanol–water partition coefficient (Wildman–Crippen LogP) is 11.7. The molecule has 0 aliphatic carbocycles. The van der Waals surface area contributed by atoms with Gasteiger partial charge in [-0.1, -0.05) is 99.6 Å². The fourth-order valence-electron chi connectivity index (χ4n) is 5.32. The molecule has 6 aromatic carbocycles. The summed E-state index contributed by atoms with van der Waals surface area (Å²) in [6.45, 7) is 6.84. The summed E-state index contributed by atoms with van der Waals surface area (Å²) in [4.78, 5) is 4.69. The van der Waals surface area contributed by atoms with E-state index in [-0.39, 0.29) is 5.41 Å². The largest absolute Gasteiger partial charge is 0.355 e. The van der Waals surface area contributed by atoms with Gasteiger partial charge in [-0.25, -0.2) is 0 Å². The van der Waals surface area contributed by atoms with Gasteiger partial charge in [0.25, 0.3) is 0 Å². The van der Waals surface area contributed by atoms with Crippen LogP contribution in [0.2, 0.25) is 0 Å². The predicted molar refractivity (Wildman–Crippen MR) is 184 cm³/mol. The Bertz CT molecular complexity index is 1720. The monoisotopic (exact) mass is 559 g/mol. The zero-order chi connectivity index (χ0) is 29.6. The van der Waals surface area contributed by atoms with E-state index in [1.807, 2.05) is 18.2 Å². The van der Waals surface area contributed by atoms with E-state index in [2.05, 4.69) is 181 Å². The van der Waals surface area contributed by atoms with Gasteiger partial charge in [0.15, 0.2) is 0 Å². The van der Waals surface area contributed by atoms with Crippen LogP contribution in [0.4, 0.5) is 45.5 Å². The normalized spacial score (nSPS) is 11.1. The van der Waals surface area contributed by atoms with E-state index in [1.165, 1.54) is 5.56 Å². The van der Waals surface area contributed by atoms with Gasteiger partial charge in [0, 0.05) is 45.5 Å². The van der Waals surface area contributed by atoms with Gasteiger partial charge in [-0.05, 0) is 95.9 Å². The molecule has 0 aliphatic rings. The van der Waals surface area contributed by atoms with E-state index in [1.54, 1.807) is 0 Å². The smallest absolute Gasteiger partial charge is 0.0485 e. The highest BCUT2D eigenvalue weighted by atomic mass is 15.2. The average molecular weight is 560 g/mol. The first kappa shape index (κ1) is 27.9. The summed E-state index contributed by atoms with van der Waals surface area (Å²) in [6, 6.07) is 57.7. The summed E-state index contributed by atoms with van der Waals surface area (Å²) in [5.74, 6) is 0. The fraction of sp³-hybridized carbons (Fsp3) is 0.100. The molecule has 3 heteroatoms. The van der Waals surface area contributed by atoms with Crippen LogP contribution in [0.3, 0.4) is 0 Å². The summed E-state index contributed by atoms with van der Waals surface area (Å²) >= 11 is 0. The summed E-state index contributed by atoms with van der Waals surface area (Å²) in [6.07, 6.45) is 0. The summed E-state index contributed by atoms with van der Waals surface area (Å²) in [5, 5.41) is 3.58. The number of hydrogen-bond donors (Lipinski definition) is 1. The minimum Gasteiger partial charge on any atom is -0.355 e. The lowest BCUT2D eigenvalue weighted by molar-refractivity contribution is 0.590. The third-order valence-corrected chi connectivity index (χ3v) is 7.49. The Labute approximate surface area is 255 Å². The number of anilines is 8. The van der Waals surface area contributed by atoms with Gasteiger partial charge in [-0.15, -0.1) is 0 Å². The lowest BCUT2D eigenvalue weighted by Gasteiger charge is -2.32.